The molecule has 1 aliphatic rings. The van der Waals surface area contributed by atoms with Crippen molar-refractivity contribution in [2.24, 2.45) is 0 Å². The number of aryl methyl sites for hydroxylation is 1. The van der Waals surface area contributed by atoms with Gasteiger partial charge >= 0.3 is 0 Å². The monoisotopic (exact) mass is 251 g/mol. The number of ether oxygens (including phenoxy) is 2. The Bertz CT molecular complexity index is 378. The summed E-state index contributed by atoms with van der Waals surface area (Å²) in [6, 6.07) is 1.81. The molecule has 5 heteroatoms. The zero-order valence-electron chi connectivity index (χ0n) is 11.1. The van der Waals surface area contributed by atoms with Gasteiger partial charge in [0.15, 0.2) is 0 Å². The van der Waals surface area contributed by atoms with Gasteiger partial charge in [0.2, 0.25) is 11.8 Å². The van der Waals surface area contributed by atoms with Gasteiger partial charge in [-0.15, -0.1) is 0 Å². The summed E-state index contributed by atoms with van der Waals surface area (Å²) in [6.07, 6.45) is 5.47. The molecule has 1 aromatic heterocycles. The van der Waals surface area contributed by atoms with E-state index in [9.17, 15) is 0 Å². The summed E-state index contributed by atoms with van der Waals surface area (Å²) >= 11 is 0. The smallest absolute Gasteiger partial charge is 0.226 e. The Kier molecular flexibility index (Phi) is 4.75. The molecular formula is C13H21N3O2. The van der Waals surface area contributed by atoms with Crippen LogP contribution in [0.5, 0.6) is 5.88 Å². The van der Waals surface area contributed by atoms with Gasteiger partial charge in [0.05, 0.1) is 19.8 Å². The Balaban J connectivity index is 1.73. The van der Waals surface area contributed by atoms with E-state index in [1.807, 2.05) is 6.92 Å². The predicted molar refractivity (Wildman–Crippen MR) is 70.0 cm³/mol. The molecule has 1 aliphatic carbocycles. The summed E-state index contributed by atoms with van der Waals surface area (Å²) in [5, 5.41) is 3.16. The van der Waals surface area contributed by atoms with Gasteiger partial charge in [-0.3, -0.25) is 0 Å². The topological polar surface area (TPSA) is 56.3 Å². The number of aromatic nitrogens is 2. The Labute approximate surface area is 108 Å². The number of hydrogen-bond donors (Lipinski definition) is 1. The third-order valence-corrected chi connectivity index (χ3v) is 3.08. The van der Waals surface area contributed by atoms with Gasteiger partial charge < -0.3 is 14.8 Å². The highest BCUT2D eigenvalue weighted by Gasteiger charge is 2.14. The molecule has 1 fully saturated rings. The van der Waals surface area contributed by atoms with Crippen molar-refractivity contribution in [3.63, 3.8) is 0 Å². The lowest BCUT2D eigenvalue weighted by Crippen LogP contribution is -2.16. The van der Waals surface area contributed by atoms with Crippen molar-refractivity contribution < 1.29 is 9.47 Å². The average Bonchev–Trinajstić information content (AvgIpc) is 2.87. The van der Waals surface area contributed by atoms with E-state index in [-0.39, 0.29) is 0 Å². The zero-order valence-corrected chi connectivity index (χ0v) is 11.1. The molecule has 0 amide bonds. The fourth-order valence-corrected chi connectivity index (χ4v) is 2.17. The van der Waals surface area contributed by atoms with E-state index >= 15 is 0 Å². The summed E-state index contributed by atoms with van der Waals surface area (Å²) in [4.78, 5) is 8.51. The summed E-state index contributed by atoms with van der Waals surface area (Å²) in [5.74, 6) is 1.18. The summed E-state index contributed by atoms with van der Waals surface area (Å²) < 4.78 is 10.9. The molecule has 0 spiro atoms. The minimum Gasteiger partial charge on any atom is -0.481 e. The van der Waals surface area contributed by atoms with E-state index in [0.717, 1.165) is 12.2 Å². The van der Waals surface area contributed by atoms with Crippen LogP contribution in [0.25, 0.3) is 0 Å². The molecule has 2 rings (SSSR count). The number of hydrogen-bond acceptors (Lipinski definition) is 5. The molecular weight excluding hydrogens is 230 g/mol. The number of nitrogens with one attached hydrogen (secondary N) is 1. The largest absolute Gasteiger partial charge is 0.481 e. The fraction of sp³-hybridized carbons (Fsp3) is 0.692. The van der Waals surface area contributed by atoms with E-state index in [1.165, 1.54) is 25.7 Å². The number of anilines is 1. The fourth-order valence-electron chi connectivity index (χ4n) is 2.17. The second kappa shape index (κ2) is 6.54. The molecule has 0 aromatic carbocycles. The van der Waals surface area contributed by atoms with E-state index in [0.29, 0.717) is 24.5 Å². The van der Waals surface area contributed by atoms with Crippen LogP contribution in [0.3, 0.4) is 0 Å². The minimum absolute atomic E-state index is 0.458. The zero-order chi connectivity index (χ0) is 12.8. The van der Waals surface area contributed by atoms with Crippen molar-refractivity contribution in [1.82, 2.24) is 9.97 Å². The summed E-state index contributed by atoms with van der Waals surface area (Å²) in [7, 11) is 1.61. The van der Waals surface area contributed by atoms with Gasteiger partial charge in [0, 0.05) is 18.3 Å². The lowest BCUT2D eigenvalue weighted by molar-refractivity contribution is 0.0658. The van der Waals surface area contributed by atoms with Gasteiger partial charge in [-0.25, -0.2) is 4.98 Å². The molecule has 0 radical (unpaired) electrons. The van der Waals surface area contributed by atoms with Crippen molar-refractivity contribution in [3.05, 3.63) is 11.8 Å². The maximum atomic E-state index is 5.76. The van der Waals surface area contributed by atoms with Crippen molar-refractivity contribution in [3.8, 4) is 5.88 Å². The van der Waals surface area contributed by atoms with E-state index < -0.39 is 0 Å². The first-order valence-electron chi connectivity index (χ1n) is 6.53. The van der Waals surface area contributed by atoms with Crippen LogP contribution in [0.1, 0.15) is 31.4 Å². The molecule has 1 aromatic rings. The van der Waals surface area contributed by atoms with Crippen LogP contribution in [-0.4, -0.2) is 36.3 Å². The molecule has 0 atom stereocenters. The first-order valence-corrected chi connectivity index (χ1v) is 6.53. The molecule has 18 heavy (non-hydrogen) atoms. The summed E-state index contributed by atoms with van der Waals surface area (Å²) in [5.41, 5.74) is 0.890. The quantitative estimate of drug-likeness (QED) is 0.785. The third-order valence-electron chi connectivity index (χ3n) is 3.08. The average molecular weight is 251 g/mol. The number of nitrogens with zero attached hydrogens (tertiary/aromatic N) is 2. The lowest BCUT2D eigenvalue weighted by Gasteiger charge is -2.11. The minimum atomic E-state index is 0.458. The molecule has 1 N–H and O–H groups in total. The van der Waals surface area contributed by atoms with Crippen molar-refractivity contribution >= 4 is 5.95 Å². The Hall–Kier alpha value is -1.36. The highest BCUT2D eigenvalue weighted by Crippen LogP contribution is 2.20. The Morgan fingerprint density at radius 1 is 1.33 bits per heavy atom. The number of rotatable bonds is 6. The van der Waals surface area contributed by atoms with Gasteiger partial charge in [-0.1, -0.05) is 12.8 Å². The standard InChI is InChI=1S/C13H21N3O2/c1-10-9-12(17-2)16-13(15-10)14-7-8-18-11-5-3-4-6-11/h9,11H,3-8H2,1-2H3,(H,14,15,16). The molecule has 0 bridgehead atoms. The van der Waals surface area contributed by atoms with Crippen LogP contribution in [-0.2, 0) is 4.74 Å². The predicted octanol–water partition coefficient (Wildman–Crippen LogP) is 2.16. The van der Waals surface area contributed by atoms with Crippen LogP contribution in [0.2, 0.25) is 0 Å². The maximum absolute atomic E-state index is 5.76. The second-order valence-corrected chi connectivity index (χ2v) is 4.58. The highest BCUT2D eigenvalue weighted by atomic mass is 16.5. The Morgan fingerprint density at radius 3 is 2.83 bits per heavy atom. The molecule has 0 saturated heterocycles. The van der Waals surface area contributed by atoms with E-state index in [1.54, 1.807) is 13.2 Å². The molecule has 1 heterocycles. The van der Waals surface area contributed by atoms with Crippen LogP contribution in [0, 0.1) is 6.92 Å². The van der Waals surface area contributed by atoms with Crippen molar-refractivity contribution in [2.75, 3.05) is 25.6 Å². The number of methoxy groups -OCH3 is 1. The third kappa shape index (κ3) is 3.84. The van der Waals surface area contributed by atoms with Gasteiger partial charge in [0.1, 0.15) is 0 Å². The maximum Gasteiger partial charge on any atom is 0.226 e. The van der Waals surface area contributed by atoms with Gasteiger partial charge in [-0.05, 0) is 19.8 Å². The van der Waals surface area contributed by atoms with Crippen LogP contribution >= 0.6 is 0 Å². The molecule has 5 nitrogen and oxygen atoms in total. The van der Waals surface area contributed by atoms with Crippen LogP contribution in [0.15, 0.2) is 6.07 Å². The second-order valence-electron chi connectivity index (χ2n) is 4.58. The first-order chi connectivity index (χ1) is 8.78. The first kappa shape index (κ1) is 13.1. The lowest BCUT2D eigenvalue weighted by atomic mass is 10.3. The van der Waals surface area contributed by atoms with Gasteiger partial charge in [0.25, 0.3) is 0 Å². The van der Waals surface area contributed by atoms with Crippen LogP contribution in [0.4, 0.5) is 5.95 Å². The van der Waals surface area contributed by atoms with Gasteiger partial charge in [-0.2, -0.15) is 4.98 Å². The molecule has 100 valence electrons. The molecule has 0 unspecified atom stereocenters. The Morgan fingerprint density at radius 2 is 2.11 bits per heavy atom. The van der Waals surface area contributed by atoms with Crippen molar-refractivity contribution in [1.29, 1.82) is 0 Å². The normalized spacial score (nSPS) is 15.9. The SMILES string of the molecule is COc1cc(C)nc(NCCOC2CCCC2)n1. The van der Waals surface area contributed by atoms with Crippen LogP contribution < -0.4 is 10.1 Å². The summed E-state index contributed by atoms with van der Waals surface area (Å²) in [6.45, 7) is 3.35. The highest BCUT2D eigenvalue weighted by molar-refractivity contribution is 5.30. The van der Waals surface area contributed by atoms with E-state index in [4.69, 9.17) is 9.47 Å². The molecule has 1 saturated carbocycles. The molecule has 0 aliphatic heterocycles. The van der Waals surface area contributed by atoms with Crippen molar-refractivity contribution in [2.45, 2.75) is 38.7 Å². The van der Waals surface area contributed by atoms with E-state index in [2.05, 4.69) is 15.3 Å².